The Kier molecular flexibility index (Phi) is 3.96. The molecule has 130 valence electrons. The van der Waals surface area contributed by atoms with Crippen molar-refractivity contribution in [3.63, 3.8) is 0 Å². The fourth-order valence-corrected chi connectivity index (χ4v) is 3.56. The molecule has 3 aromatic rings. The number of fused-ring (bicyclic) bond motifs is 4. The third-order valence-electron chi connectivity index (χ3n) is 4.61. The number of ether oxygens (including phenoxy) is 2. The summed E-state index contributed by atoms with van der Waals surface area (Å²) in [5.74, 6) is -0.820. The molecule has 0 saturated heterocycles. The van der Waals surface area contributed by atoms with Gasteiger partial charge in [-0.15, -0.1) is 0 Å². The maximum absolute atomic E-state index is 11.6. The number of benzene rings is 3. The summed E-state index contributed by atoms with van der Waals surface area (Å²) < 4.78 is 10.8. The highest BCUT2D eigenvalue weighted by Gasteiger charge is 2.32. The van der Waals surface area contributed by atoms with E-state index >= 15 is 0 Å². The van der Waals surface area contributed by atoms with Crippen molar-refractivity contribution >= 4 is 39.6 Å². The molecule has 0 bridgehead atoms. The Balaban J connectivity index is 1.91. The Morgan fingerprint density at radius 2 is 1.54 bits per heavy atom. The molecule has 26 heavy (non-hydrogen) atoms. The van der Waals surface area contributed by atoms with Gasteiger partial charge in [0.1, 0.15) is 0 Å². The first kappa shape index (κ1) is 16.3. The minimum absolute atomic E-state index is 0.410. The fourth-order valence-electron chi connectivity index (χ4n) is 3.56. The van der Waals surface area contributed by atoms with E-state index in [9.17, 15) is 9.59 Å². The molecule has 1 aliphatic carbocycles. The van der Waals surface area contributed by atoms with Gasteiger partial charge in [-0.3, -0.25) is 9.59 Å². The average molecular weight is 346 g/mol. The molecule has 0 fully saturated rings. The number of esters is 2. The first-order chi connectivity index (χ1) is 12.5. The Morgan fingerprint density at radius 3 is 2.23 bits per heavy atom. The Morgan fingerprint density at radius 1 is 0.846 bits per heavy atom. The normalized spacial score (nSPS) is 18.5. The SMILES string of the molecule is CC(=O)O[C@@H]1c2ccc3cc4ccccc4cc3c2C=C[C@H]1OC(C)=O. The lowest BCUT2D eigenvalue weighted by atomic mass is 9.88. The van der Waals surface area contributed by atoms with Crippen LogP contribution >= 0.6 is 0 Å². The summed E-state index contributed by atoms with van der Waals surface area (Å²) in [7, 11) is 0. The van der Waals surface area contributed by atoms with Crippen LogP contribution in [0.1, 0.15) is 31.1 Å². The number of carbonyl (C=O) groups excluding carboxylic acids is 2. The molecule has 0 heterocycles. The second kappa shape index (κ2) is 6.30. The van der Waals surface area contributed by atoms with Crippen molar-refractivity contribution in [1.82, 2.24) is 0 Å². The summed E-state index contributed by atoms with van der Waals surface area (Å²) in [6.45, 7) is 2.71. The Bertz CT molecular complexity index is 1060. The van der Waals surface area contributed by atoms with Gasteiger partial charge in [-0.1, -0.05) is 42.5 Å². The van der Waals surface area contributed by atoms with Crippen LogP contribution < -0.4 is 0 Å². The monoisotopic (exact) mass is 346 g/mol. The second-order valence-electron chi connectivity index (χ2n) is 6.45. The van der Waals surface area contributed by atoms with E-state index in [1.54, 1.807) is 6.08 Å². The molecule has 0 amide bonds. The molecule has 0 radical (unpaired) electrons. The maximum atomic E-state index is 11.6. The number of carbonyl (C=O) groups is 2. The van der Waals surface area contributed by atoms with Crippen LogP contribution in [0.2, 0.25) is 0 Å². The third-order valence-corrected chi connectivity index (χ3v) is 4.61. The van der Waals surface area contributed by atoms with Crippen molar-refractivity contribution in [3.05, 3.63) is 65.7 Å². The lowest BCUT2D eigenvalue weighted by molar-refractivity contribution is -0.162. The van der Waals surface area contributed by atoms with Crippen molar-refractivity contribution in [2.24, 2.45) is 0 Å². The molecular formula is C22H18O4. The lowest BCUT2D eigenvalue weighted by Crippen LogP contribution is -2.28. The van der Waals surface area contributed by atoms with Crippen LogP contribution in [-0.2, 0) is 19.1 Å². The van der Waals surface area contributed by atoms with E-state index in [0.29, 0.717) is 0 Å². The van der Waals surface area contributed by atoms with Gasteiger partial charge in [-0.05, 0) is 45.3 Å². The number of hydrogen-bond acceptors (Lipinski definition) is 4. The van der Waals surface area contributed by atoms with Gasteiger partial charge in [0, 0.05) is 19.4 Å². The van der Waals surface area contributed by atoms with Crippen LogP contribution in [0.3, 0.4) is 0 Å². The minimum Gasteiger partial charge on any atom is -0.454 e. The van der Waals surface area contributed by atoms with Gasteiger partial charge in [0.15, 0.2) is 12.2 Å². The van der Waals surface area contributed by atoms with Crippen LogP contribution in [0.15, 0.2) is 54.6 Å². The lowest BCUT2D eigenvalue weighted by Gasteiger charge is -2.29. The Hall–Kier alpha value is -3.14. The summed E-state index contributed by atoms with van der Waals surface area (Å²) in [5.41, 5.74) is 1.83. The molecule has 2 atom stereocenters. The molecule has 0 aromatic heterocycles. The molecule has 4 rings (SSSR count). The minimum atomic E-state index is -0.646. The van der Waals surface area contributed by atoms with E-state index in [1.807, 2.05) is 30.3 Å². The predicted octanol–water partition coefficient (Wildman–Crippen LogP) is 4.56. The standard InChI is InChI=1S/C22H18O4/c1-13(23)25-21-10-9-18-19(22(21)26-14(2)24)8-7-17-11-15-5-3-4-6-16(15)12-20(17)18/h3-12,21-22H,1-2H3/t21-,22-/m1/s1. The number of rotatable bonds is 2. The topological polar surface area (TPSA) is 52.6 Å². The highest BCUT2D eigenvalue weighted by Crippen LogP contribution is 2.38. The summed E-state index contributed by atoms with van der Waals surface area (Å²) in [5, 5.41) is 4.51. The van der Waals surface area contributed by atoms with Crippen molar-refractivity contribution in [1.29, 1.82) is 0 Å². The van der Waals surface area contributed by atoms with Crippen LogP contribution in [-0.4, -0.2) is 18.0 Å². The van der Waals surface area contributed by atoms with Crippen molar-refractivity contribution in [2.45, 2.75) is 26.1 Å². The van der Waals surface area contributed by atoms with Gasteiger partial charge < -0.3 is 9.47 Å². The van der Waals surface area contributed by atoms with E-state index in [-0.39, 0.29) is 0 Å². The zero-order chi connectivity index (χ0) is 18.3. The predicted molar refractivity (Wildman–Crippen MR) is 101 cm³/mol. The van der Waals surface area contributed by atoms with E-state index < -0.39 is 24.1 Å². The van der Waals surface area contributed by atoms with Crippen molar-refractivity contribution in [2.75, 3.05) is 0 Å². The van der Waals surface area contributed by atoms with Crippen LogP contribution in [0, 0.1) is 0 Å². The summed E-state index contributed by atoms with van der Waals surface area (Å²) in [6.07, 6.45) is 2.46. The van der Waals surface area contributed by atoms with Crippen molar-refractivity contribution in [3.8, 4) is 0 Å². The van der Waals surface area contributed by atoms with E-state index in [2.05, 4.69) is 24.3 Å². The zero-order valence-corrected chi connectivity index (χ0v) is 14.6. The van der Waals surface area contributed by atoms with Gasteiger partial charge in [0.25, 0.3) is 0 Å². The van der Waals surface area contributed by atoms with Crippen LogP contribution in [0.4, 0.5) is 0 Å². The van der Waals surface area contributed by atoms with Crippen molar-refractivity contribution < 1.29 is 19.1 Å². The largest absolute Gasteiger partial charge is 0.454 e. The van der Waals surface area contributed by atoms with Crippen LogP contribution in [0.5, 0.6) is 0 Å². The fraction of sp³-hybridized carbons (Fsp3) is 0.182. The quantitative estimate of drug-likeness (QED) is 0.504. The van der Waals surface area contributed by atoms with E-state index in [1.165, 1.54) is 19.2 Å². The molecule has 0 aliphatic heterocycles. The zero-order valence-electron chi connectivity index (χ0n) is 14.6. The highest BCUT2D eigenvalue weighted by atomic mass is 16.6. The van der Waals surface area contributed by atoms with Gasteiger partial charge >= 0.3 is 11.9 Å². The van der Waals surface area contributed by atoms with Gasteiger partial charge in [0.05, 0.1) is 0 Å². The molecule has 4 nitrogen and oxygen atoms in total. The van der Waals surface area contributed by atoms with Crippen LogP contribution in [0.25, 0.3) is 27.6 Å². The van der Waals surface area contributed by atoms with E-state index in [0.717, 1.165) is 27.3 Å². The molecule has 0 spiro atoms. The molecule has 4 heteroatoms. The first-order valence-corrected chi connectivity index (χ1v) is 8.51. The molecule has 0 saturated carbocycles. The smallest absolute Gasteiger partial charge is 0.303 e. The summed E-state index contributed by atoms with van der Waals surface area (Å²) >= 11 is 0. The van der Waals surface area contributed by atoms with Gasteiger partial charge in [-0.2, -0.15) is 0 Å². The average Bonchev–Trinajstić information content (AvgIpc) is 2.61. The summed E-state index contributed by atoms with van der Waals surface area (Å²) in [4.78, 5) is 23.0. The molecular weight excluding hydrogens is 328 g/mol. The molecule has 1 aliphatic rings. The molecule has 0 N–H and O–H groups in total. The van der Waals surface area contributed by atoms with Gasteiger partial charge in [0.2, 0.25) is 0 Å². The third kappa shape index (κ3) is 2.84. The number of hydrogen-bond donors (Lipinski definition) is 0. The molecule has 3 aromatic carbocycles. The second-order valence-corrected chi connectivity index (χ2v) is 6.45. The maximum Gasteiger partial charge on any atom is 0.303 e. The van der Waals surface area contributed by atoms with Gasteiger partial charge in [-0.25, -0.2) is 0 Å². The summed E-state index contributed by atoms with van der Waals surface area (Å²) in [6, 6.07) is 16.4. The highest BCUT2D eigenvalue weighted by molar-refractivity contribution is 6.02. The van der Waals surface area contributed by atoms with E-state index in [4.69, 9.17) is 9.47 Å². The first-order valence-electron chi connectivity index (χ1n) is 8.51. The molecule has 0 unspecified atom stereocenters. The Labute approximate surface area is 151 Å².